The van der Waals surface area contributed by atoms with Crippen molar-refractivity contribution < 1.29 is 14.3 Å². The van der Waals surface area contributed by atoms with Gasteiger partial charge in [0.2, 0.25) is 11.8 Å². The first-order valence-corrected chi connectivity index (χ1v) is 8.20. The molecule has 2 rings (SSSR count). The van der Waals surface area contributed by atoms with Crippen LogP contribution in [0.3, 0.4) is 0 Å². The first-order valence-electron chi connectivity index (χ1n) is 8.20. The average molecular weight is 296 g/mol. The van der Waals surface area contributed by atoms with Crippen LogP contribution in [-0.4, -0.2) is 48.1 Å². The molecule has 0 radical (unpaired) electrons. The molecule has 0 bridgehead atoms. The zero-order valence-electron chi connectivity index (χ0n) is 13.5. The van der Waals surface area contributed by atoms with Gasteiger partial charge in [0.15, 0.2) is 0 Å². The Morgan fingerprint density at radius 3 is 2.52 bits per heavy atom. The predicted octanol–water partition coefficient (Wildman–Crippen LogP) is 1.71. The molecule has 1 aliphatic heterocycles. The van der Waals surface area contributed by atoms with E-state index in [0.29, 0.717) is 32.1 Å². The van der Waals surface area contributed by atoms with Gasteiger partial charge in [-0.15, -0.1) is 0 Å². The number of nitrogens with one attached hydrogen (secondary N) is 1. The van der Waals surface area contributed by atoms with Crippen molar-refractivity contribution >= 4 is 11.8 Å². The van der Waals surface area contributed by atoms with Crippen molar-refractivity contribution in [3.05, 3.63) is 0 Å². The molecule has 1 N–H and O–H groups in total. The van der Waals surface area contributed by atoms with Crippen LogP contribution in [0, 0.1) is 5.92 Å². The van der Waals surface area contributed by atoms with E-state index in [1.54, 1.807) is 0 Å². The van der Waals surface area contributed by atoms with Crippen molar-refractivity contribution in [3.8, 4) is 0 Å². The van der Waals surface area contributed by atoms with Gasteiger partial charge in [-0.2, -0.15) is 0 Å². The molecule has 21 heavy (non-hydrogen) atoms. The lowest BCUT2D eigenvalue weighted by molar-refractivity contribution is -0.143. The molecule has 2 aliphatic rings. The van der Waals surface area contributed by atoms with Crippen molar-refractivity contribution in [2.24, 2.45) is 5.92 Å². The van der Waals surface area contributed by atoms with E-state index in [0.717, 1.165) is 25.7 Å². The first kappa shape index (κ1) is 16.3. The molecule has 0 aromatic rings. The van der Waals surface area contributed by atoms with Gasteiger partial charge in [-0.05, 0) is 25.7 Å². The fourth-order valence-corrected chi connectivity index (χ4v) is 3.50. The molecule has 1 spiro atoms. The van der Waals surface area contributed by atoms with Crippen LogP contribution in [0.15, 0.2) is 0 Å². The topological polar surface area (TPSA) is 58.6 Å². The number of ether oxygens (including phenoxy) is 1. The van der Waals surface area contributed by atoms with Gasteiger partial charge in [0, 0.05) is 19.6 Å². The van der Waals surface area contributed by atoms with Crippen LogP contribution in [0.4, 0.5) is 0 Å². The molecule has 5 heteroatoms. The third kappa shape index (κ3) is 3.39. The van der Waals surface area contributed by atoms with Gasteiger partial charge in [-0.25, -0.2) is 0 Å². The predicted molar refractivity (Wildman–Crippen MR) is 80.8 cm³/mol. The fraction of sp³-hybridized carbons (Fsp3) is 0.875. The summed E-state index contributed by atoms with van der Waals surface area (Å²) in [5.41, 5.74) is -0.646. The highest BCUT2D eigenvalue weighted by Gasteiger charge is 2.48. The number of amides is 2. The Bertz CT molecular complexity index is 389. The first-order chi connectivity index (χ1) is 10.00. The molecule has 1 aliphatic carbocycles. The Labute approximate surface area is 127 Å². The van der Waals surface area contributed by atoms with E-state index < -0.39 is 5.54 Å². The van der Waals surface area contributed by atoms with E-state index in [9.17, 15) is 9.59 Å². The summed E-state index contributed by atoms with van der Waals surface area (Å²) in [5, 5.41) is 3.01. The highest BCUT2D eigenvalue weighted by Crippen LogP contribution is 2.34. The summed E-state index contributed by atoms with van der Waals surface area (Å²) in [4.78, 5) is 27.0. The minimum Gasteiger partial charge on any atom is -0.380 e. The average Bonchev–Trinajstić information content (AvgIpc) is 2.86. The standard InChI is InChI=1S/C16H28N2O3/c1-4-21-11-13(12(2)3)18-10-7-14(19)17-16(15(18)20)8-5-6-9-16/h12-13H,4-11H2,1-3H3,(H,17,19). The van der Waals surface area contributed by atoms with Gasteiger partial charge in [-0.3, -0.25) is 9.59 Å². The number of hydrogen-bond donors (Lipinski definition) is 1. The Morgan fingerprint density at radius 1 is 1.29 bits per heavy atom. The van der Waals surface area contributed by atoms with E-state index in [1.165, 1.54) is 0 Å². The van der Waals surface area contributed by atoms with E-state index in [2.05, 4.69) is 19.2 Å². The van der Waals surface area contributed by atoms with Crippen molar-refractivity contribution in [1.82, 2.24) is 10.2 Å². The summed E-state index contributed by atoms with van der Waals surface area (Å²) < 4.78 is 5.58. The van der Waals surface area contributed by atoms with Crippen LogP contribution in [0.5, 0.6) is 0 Å². The number of carbonyl (C=O) groups excluding carboxylic acids is 2. The smallest absolute Gasteiger partial charge is 0.248 e. The lowest BCUT2D eigenvalue weighted by Crippen LogP contribution is -2.58. The summed E-state index contributed by atoms with van der Waals surface area (Å²) in [6, 6.07) is 0.0441. The van der Waals surface area contributed by atoms with E-state index in [1.807, 2.05) is 11.8 Å². The molecule has 1 unspecified atom stereocenters. The van der Waals surface area contributed by atoms with Crippen LogP contribution in [0.25, 0.3) is 0 Å². The highest BCUT2D eigenvalue weighted by molar-refractivity contribution is 5.94. The molecule has 2 amide bonds. The summed E-state index contributed by atoms with van der Waals surface area (Å²) in [6.07, 6.45) is 3.96. The third-order valence-electron chi connectivity index (χ3n) is 4.75. The molecule has 1 heterocycles. The minimum absolute atomic E-state index is 0.00617. The Morgan fingerprint density at radius 2 is 1.95 bits per heavy atom. The fourth-order valence-electron chi connectivity index (χ4n) is 3.50. The largest absolute Gasteiger partial charge is 0.380 e. The molecule has 1 saturated carbocycles. The van der Waals surface area contributed by atoms with Crippen LogP contribution in [0.2, 0.25) is 0 Å². The van der Waals surface area contributed by atoms with Crippen LogP contribution >= 0.6 is 0 Å². The van der Waals surface area contributed by atoms with E-state index in [-0.39, 0.29) is 17.9 Å². The lowest BCUT2D eigenvalue weighted by Gasteiger charge is -2.38. The summed E-state index contributed by atoms with van der Waals surface area (Å²) >= 11 is 0. The molecule has 0 aromatic heterocycles. The van der Waals surface area contributed by atoms with Crippen LogP contribution in [-0.2, 0) is 14.3 Å². The molecule has 2 fully saturated rings. The monoisotopic (exact) mass is 296 g/mol. The highest BCUT2D eigenvalue weighted by atomic mass is 16.5. The van der Waals surface area contributed by atoms with Crippen LogP contribution < -0.4 is 5.32 Å². The van der Waals surface area contributed by atoms with Crippen LogP contribution in [0.1, 0.15) is 52.9 Å². The quantitative estimate of drug-likeness (QED) is 0.840. The Hall–Kier alpha value is -1.10. The summed E-state index contributed by atoms with van der Waals surface area (Å²) in [7, 11) is 0. The normalized spacial score (nSPS) is 23.5. The van der Waals surface area contributed by atoms with Gasteiger partial charge in [0.1, 0.15) is 5.54 Å². The van der Waals surface area contributed by atoms with Gasteiger partial charge in [0.25, 0.3) is 0 Å². The third-order valence-corrected chi connectivity index (χ3v) is 4.75. The molecule has 5 nitrogen and oxygen atoms in total. The van der Waals surface area contributed by atoms with Crippen molar-refractivity contribution in [3.63, 3.8) is 0 Å². The summed E-state index contributed by atoms with van der Waals surface area (Å²) in [5.74, 6) is 0.420. The molecule has 0 aromatic carbocycles. The number of hydrogen-bond acceptors (Lipinski definition) is 3. The van der Waals surface area contributed by atoms with Gasteiger partial charge in [-0.1, -0.05) is 26.7 Å². The molecular weight excluding hydrogens is 268 g/mol. The molecule has 120 valence electrons. The van der Waals surface area contributed by atoms with Gasteiger partial charge >= 0.3 is 0 Å². The van der Waals surface area contributed by atoms with Gasteiger partial charge in [0.05, 0.1) is 12.6 Å². The van der Waals surface area contributed by atoms with E-state index in [4.69, 9.17) is 4.74 Å². The number of nitrogens with zero attached hydrogens (tertiary/aromatic N) is 1. The van der Waals surface area contributed by atoms with Gasteiger partial charge < -0.3 is 15.0 Å². The Kier molecular flexibility index (Phi) is 5.25. The Balaban J connectivity index is 2.23. The second-order valence-corrected chi connectivity index (χ2v) is 6.56. The summed E-state index contributed by atoms with van der Waals surface area (Å²) in [6.45, 7) is 7.88. The van der Waals surface area contributed by atoms with E-state index >= 15 is 0 Å². The molecule has 1 atom stereocenters. The number of rotatable bonds is 5. The molecular formula is C16H28N2O3. The maximum Gasteiger partial charge on any atom is 0.248 e. The lowest BCUT2D eigenvalue weighted by atomic mass is 9.93. The molecule has 1 saturated heterocycles. The zero-order valence-corrected chi connectivity index (χ0v) is 13.5. The minimum atomic E-state index is -0.646. The van der Waals surface area contributed by atoms with Crippen molar-refractivity contribution in [1.29, 1.82) is 0 Å². The SMILES string of the molecule is CCOCC(C(C)C)N1CCC(=O)NC2(CCCC2)C1=O. The maximum atomic E-state index is 13.1. The second kappa shape index (κ2) is 6.77. The zero-order chi connectivity index (χ0) is 15.5. The number of carbonyl (C=O) groups is 2. The van der Waals surface area contributed by atoms with Crippen molar-refractivity contribution in [2.75, 3.05) is 19.8 Å². The second-order valence-electron chi connectivity index (χ2n) is 6.56. The maximum absolute atomic E-state index is 13.1. The van der Waals surface area contributed by atoms with Crippen molar-refractivity contribution in [2.45, 2.75) is 64.5 Å².